The molecule has 2 rings (SSSR count). The zero-order chi connectivity index (χ0) is 15.4. The second-order valence-corrected chi connectivity index (χ2v) is 4.44. The van der Waals surface area contributed by atoms with Gasteiger partial charge in [-0.1, -0.05) is 12.1 Å². The minimum Gasteiger partial charge on any atom is -0.507 e. The van der Waals surface area contributed by atoms with Crippen molar-refractivity contribution in [3.8, 4) is 5.75 Å². The first-order chi connectivity index (χ1) is 9.99. The summed E-state index contributed by atoms with van der Waals surface area (Å²) in [7, 11) is 0. The summed E-state index contributed by atoms with van der Waals surface area (Å²) in [5, 5.41) is 9.55. The number of para-hydroxylation sites is 1. The smallest absolute Gasteiger partial charge is 0.342 e. The first-order valence-corrected chi connectivity index (χ1v) is 6.28. The van der Waals surface area contributed by atoms with Gasteiger partial charge in [0.1, 0.15) is 17.1 Å². The van der Waals surface area contributed by atoms with Gasteiger partial charge in [0.15, 0.2) is 6.10 Å². The number of rotatable bonds is 4. The first kappa shape index (κ1) is 14.7. The van der Waals surface area contributed by atoms with Crippen LogP contribution in [-0.2, 0) is 4.74 Å². The molecule has 0 unspecified atom stereocenters. The lowest BCUT2D eigenvalue weighted by Crippen LogP contribution is -2.24. The zero-order valence-electron chi connectivity index (χ0n) is 11.2. The third kappa shape index (κ3) is 3.45. The van der Waals surface area contributed by atoms with Crippen molar-refractivity contribution in [2.45, 2.75) is 13.0 Å². The van der Waals surface area contributed by atoms with E-state index in [-0.39, 0.29) is 16.9 Å². The lowest BCUT2D eigenvalue weighted by atomic mass is 10.1. The number of hydrogen-bond donors (Lipinski definition) is 1. The van der Waals surface area contributed by atoms with E-state index in [4.69, 9.17) is 4.74 Å². The molecular formula is C16H13FO4. The summed E-state index contributed by atoms with van der Waals surface area (Å²) < 4.78 is 17.8. The Morgan fingerprint density at radius 1 is 1.10 bits per heavy atom. The van der Waals surface area contributed by atoms with Crippen LogP contribution in [0, 0.1) is 5.82 Å². The number of benzene rings is 2. The Kier molecular flexibility index (Phi) is 4.33. The molecular weight excluding hydrogens is 275 g/mol. The first-order valence-electron chi connectivity index (χ1n) is 6.28. The summed E-state index contributed by atoms with van der Waals surface area (Å²) in [6.07, 6.45) is -1.04. The minimum atomic E-state index is -1.04. The monoisotopic (exact) mass is 288 g/mol. The number of carbonyl (C=O) groups is 2. The fourth-order valence-corrected chi connectivity index (χ4v) is 1.77. The van der Waals surface area contributed by atoms with Gasteiger partial charge < -0.3 is 9.84 Å². The fraction of sp³-hybridized carbons (Fsp3) is 0.125. The Hall–Kier alpha value is -2.69. The van der Waals surface area contributed by atoms with Crippen LogP contribution in [0.4, 0.5) is 4.39 Å². The molecule has 0 aliphatic heterocycles. The lowest BCUT2D eigenvalue weighted by molar-refractivity contribution is 0.0316. The molecule has 4 nitrogen and oxygen atoms in total. The number of phenols is 1. The van der Waals surface area contributed by atoms with Gasteiger partial charge in [-0.05, 0) is 43.3 Å². The number of esters is 1. The Bertz CT molecular complexity index is 664. The lowest BCUT2D eigenvalue weighted by Gasteiger charge is -2.13. The standard InChI is InChI=1S/C16H13FO4/c1-10(15(19)11-6-8-12(17)9-7-11)21-16(20)13-4-2-3-5-14(13)18/h2-10,18H,1H3/t10-/m1/s1. The predicted octanol–water partition coefficient (Wildman–Crippen LogP) is 2.96. The second kappa shape index (κ2) is 6.17. The van der Waals surface area contributed by atoms with E-state index in [2.05, 4.69) is 0 Å². The summed E-state index contributed by atoms with van der Waals surface area (Å²) in [6, 6.07) is 10.8. The molecule has 2 aromatic rings. The van der Waals surface area contributed by atoms with Crippen molar-refractivity contribution in [2.75, 3.05) is 0 Å². The number of hydrogen-bond acceptors (Lipinski definition) is 4. The highest BCUT2D eigenvalue weighted by atomic mass is 19.1. The van der Waals surface area contributed by atoms with Crippen molar-refractivity contribution >= 4 is 11.8 Å². The summed E-state index contributed by atoms with van der Waals surface area (Å²) in [5.74, 6) is -1.91. The van der Waals surface area contributed by atoms with Crippen LogP contribution < -0.4 is 0 Å². The third-order valence-corrected chi connectivity index (χ3v) is 2.91. The number of phenolic OH excluding ortho intramolecular Hbond substituents is 1. The molecule has 1 atom stereocenters. The van der Waals surface area contributed by atoms with Crippen LogP contribution in [0.2, 0.25) is 0 Å². The van der Waals surface area contributed by atoms with Gasteiger partial charge in [0.05, 0.1) is 0 Å². The topological polar surface area (TPSA) is 63.6 Å². The Balaban J connectivity index is 2.09. The van der Waals surface area contributed by atoms with E-state index >= 15 is 0 Å². The normalized spacial score (nSPS) is 11.7. The number of aromatic hydroxyl groups is 1. The van der Waals surface area contributed by atoms with Crippen molar-refractivity contribution in [3.63, 3.8) is 0 Å². The quantitative estimate of drug-likeness (QED) is 0.694. The number of ketones is 1. The molecule has 5 heteroatoms. The largest absolute Gasteiger partial charge is 0.507 e. The molecule has 0 bridgehead atoms. The van der Waals surface area contributed by atoms with Gasteiger partial charge in [-0.25, -0.2) is 9.18 Å². The molecule has 0 aliphatic carbocycles. The molecule has 108 valence electrons. The Morgan fingerprint density at radius 3 is 2.33 bits per heavy atom. The summed E-state index contributed by atoms with van der Waals surface area (Å²) >= 11 is 0. The number of carbonyl (C=O) groups excluding carboxylic acids is 2. The molecule has 0 spiro atoms. The van der Waals surface area contributed by atoms with Crippen molar-refractivity contribution < 1.29 is 23.8 Å². The maximum atomic E-state index is 12.8. The van der Waals surface area contributed by atoms with Crippen LogP contribution >= 0.6 is 0 Å². The van der Waals surface area contributed by atoms with Crippen LogP contribution in [0.25, 0.3) is 0 Å². The van der Waals surface area contributed by atoms with Crippen molar-refractivity contribution in [1.82, 2.24) is 0 Å². The third-order valence-electron chi connectivity index (χ3n) is 2.91. The van der Waals surface area contributed by atoms with Gasteiger partial charge >= 0.3 is 5.97 Å². The van der Waals surface area contributed by atoms with Crippen molar-refractivity contribution in [1.29, 1.82) is 0 Å². The fourth-order valence-electron chi connectivity index (χ4n) is 1.77. The molecule has 0 saturated carbocycles. The molecule has 21 heavy (non-hydrogen) atoms. The average molecular weight is 288 g/mol. The van der Waals surface area contributed by atoms with Crippen molar-refractivity contribution in [3.05, 3.63) is 65.5 Å². The molecule has 0 fully saturated rings. The summed E-state index contributed by atoms with van der Waals surface area (Å²) in [5.41, 5.74) is 0.227. The highest BCUT2D eigenvalue weighted by molar-refractivity contribution is 6.01. The van der Waals surface area contributed by atoms with Crippen LogP contribution in [0.5, 0.6) is 5.75 Å². The number of Topliss-reactive ketones (excluding diaryl/α,β-unsaturated/α-hetero) is 1. The zero-order valence-corrected chi connectivity index (χ0v) is 11.2. The van der Waals surface area contributed by atoms with E-state index in [0.717, 1.165) is 12.1 Å². The SMILES string of the molecule is C[C@@H](OC(=O)c1ccccc1O)C(=O)c1ccc(F)cc1. The van der Waals surface area contributed by atoms with Gasteiger partial charge in [-0.2, -0.15) is 0 Å². The maximum Gasteiger partial charge on any atom is 0.342 e. The summed E-state index contributed by atoms with van der Waals surface area (Å²) in [6.45, 7) is 1.42. The van der Waals surface area contributed by atoms with E-state index in [1.54, 1.807) is 12.1 Å². The van der Waals surface area contributed by atoms with Gasteiger partial charge in [-0.15, -0.1) is 0 Å². The second-order valence-electron chi connectivity index (χ2n) is 4.44. The van der Waals surface area contributed by atoms with Gasteiger partial charge in [0.2, 0.25) is 5.78 Å². The minimum absolute atomic E-state index is 0.0174. The molecule has 0 amide bonds. The molecule has 0 radical (unpaired) electrons. The Morgan fingerprint density at radius 2 is 1.71 bits per heavy atom. The maximum absolute atomic E-state index is 12.8. The van der Waals surface area contributed by atoms with Gasteiger partial charge in [0.25, 0.3) is 0 Å². The number of ether oxygens (including phenoxy) is 1. The van der Waals surface area contributed by atoms with Gasteiger partial charge in [-0.3, -0.25) is 4.79 Å². The van der Waals surface area contributed by atoms with E-state index < -0.39 is 23.7 Å². The van der Waals surface area contributed by atoms with E-state index in [9.17, 15) is 19.1 Å². The molecule has 2 aromatic carbocycles. The summed E-state index contributed by atoms with van der Waals surface area (Å²) in [4.78, 5) is 23.9. The highest BCUT2D eigenvalue weighted by Crippen LogP contribution is 2.18. The van der Waals surface area contributed by atoms with E-state index in [1.807, 2.05) is 0 Å². The molecule has 0 aromatic heterocycles. The molecule has 0 aliphatic rings. The van der Waals surface area contributed by atoms with Crippen LogP contribution in [0.1, 0.15) is 27.6 Å². The van der Waals surface area contributed by atoms with Crippen LogP contribution in [0.3, 0.4) is 0 Å². The van der Waals surface area contributed by atoms with E-state index in [0.29, 0.717) is 0 Å². The molecule has 1 N–H and O–H groups in total. The van der Waals surface area contributed by atoms with Crippen LogP contribution in [0.15, 0.2) is 48.5 Å². The van der Waals surface area contributed by atoms with E-state index in [1.165, 1.54) is 31.2 Å². The van der Waals surface area contributed by atoms with Crippen LogP contribution in [-0.4, -0.2) is 23.0 Å². The highest BCUT2D eigenvalue weighted by Gasteiger charge is 2.21. The Labute approximate surface area is 120 Å². The average Bonchev–Trinajstić information content (AvgIpc) is 2.47. The van der Waals surface area contributed by atoms with Gasteiger partial charge in [0, 0.05) is 5.56 Å². The van der Waals surface area contributed by atoms with Crippen molar-refractivity contribution in [2.24, 2.45) is 0 Å². The number of halogens is 1. The molecule has 0 saturated heterocycles. The molecule has 0 heterocycles. The predicted molar refractivity (Wildman–Crippen MR) is 73.7 cm³/mol.